The average Bonchev–Trinajstić information content (AvgIpc) is 2.14. The summed E-state index contributed by atoms with van der Waals surface area (Å²) < 4.78 is 0. The van der Waals surface area contributed by atoms with E-state index in [4.69, 9.17) is 0 Å². The molecular weight excluding hydrogens is 178 g/mol. The second kappa shape index (κ2) is 10.4. The molecule has 0 heterocycles. The number of unbranched alkanes of at least 4 members (excludes halogenated alkanes) is 1. The van der Waals surface area contributed by atoms with E-state index in [9.17, 15) is 0 Å². The van der Waals surface area contributed by atoms with E-state index in [2.05, 4.69) is 31.8 Å². The summed E-state index contributed by atoms with van der Waals surface area (Å²) in [7, 11) is 0. The van der Waals surface area contributed by atoms with Crippen LogP contribution in [0.15, 0.2) is 0 Å². The van der Waals surface area contributed by atoms with E-state index < -0.39 is 0 Å². The molecule has 1 atom stereocenters. The van der Waals surface area contributed by atoms with Gasteiger partial charge in [0, 0.05) is 0 Å². The maximum absolute atomic E-state index is 4.30. The molecule has 0 aliphatic rings. The molecule has 0 amide bonds. The van der Waals surface area contributed by atoms with Gasteiger partial charge in [-0.1, -0.05) is 26.7 Å². The third-order valence-corrected chi connectivity index (χ3v) is 2.62. The number of hydrogen-bond acceptors (Lipinski definition) is 2. The van der Waals surface area contributed by atoms with Crippen LogP contribution in [0.2, 0.25) is 0 Å². The smallest absolute Gasteiger partial charge is 0.00202 e. The van der Waals surface area contributed by atoms with Gasteiger partial charge >= 0.3 is 0 Å². The Morgan fingerprint density at radius 1 is 1.15 bits per heavy atom. The predicted molar refractivity (Wildman–Crippen MR) is 64.6 cm³/mol. The molecule has 2 heteroatoms. The lowest BCUT2D eigenvalue weighted by molar-refractivity contribution is 0.423. The van der Waals surface area contributed by atoms with Gasteiger partial charge in [0.05, 0.1) is 0 Å². The average molecular weight is 203 g/mol. The van der Waals surface area contributed by atoms with Crippen molar-refractivity contribution in [2.75, 3.05) is 18.8 Å². The van der Waals surface area contributed by atoms with E-state index in [1.165, 1.54) is 38.6 Å². The number of nitrogens with one attached hydrogen (secondary N) is 1. The van der Waals surface area contributed by atoms with Gasteiger partial charge in [-0.15, -0.1) is 0 Å². The first-order valence-electron chi connectivity index (χ1n) is 5.66. The summed E-state index contributed by atoms with van der Waals surface area (Å²) in [6, 6.07) is 0. The summed E-state index contributed by atoms with van der Waals surface area (Å²) in [4.78, 5) is 0. The van der Waals surface area contributed by atoms with Crippen molar-refractivity contribution in [3.05, 3.63) is 0 Å². The fourth-order valence-electron chi connectivity index (χ4n) is 1.51. The molecule has 13 heavy (non-hydrogen) atoms. The SMILES string of the molecule is CCCCC(CCS)CNCCC. The standard InChI is InChI=1S/C11H25NS/c1-3-5-6-11(7-9-13)10-12-8-4-2/h11-13H,3-10H2,1-2H3. The van der Waals surface area contributed by atoms with Crippen molar-refractivity contribution in [2.45, 2.75) is 46.0 Å². The summed E-state index contributed by atoms with van der Waals surface area (Å²) >= 11 is 4.30. The van der Waals surface area contributed by atoms with Crippen molar-refractivity contribution < 1.29 is 0 Å². The van der Waals surface area contributed by atoms with Crippen molar-refractivity contribution in [1.82, 2.24) is 5.32 Å². The molecule has 1 nitrogen and oxygen atoms in total. The summed E-state index contributed by atoms with van der Waals surface area (Å²) in [5, 5.41) is 3.49. The molecule has 0 saturated carbocycles. The van der Waals surface area contributed by atoms with E-state index in [0.717, 1.165) is 18.2 Å². The molecule has 0 aromatic heterocycles. The quantitative estimate of drug-likeness (QED) is 0.433. The summed E-state index contributed by atoms with van der Waals surface area (Å²) in [6.07, 6.45) is 6.55. The fraction of sp³-hybridized carbons (Fsp3) is 1.00. The Morgan fingerprint density at radius 2 is 1.92 bits per heavy atom. The first-order chi connectivity index (χ1) is 6.35. The minimum Gasteiger partial charge on any atom is -0.316 e. The van der Waals surface area contributed by atoms with Crippen LogP contribution in [0.5, 0.6) is 0 Å². The van der Waals surface area contributed by atoms with E-state index in [1.807, 2.05) is 0 Å². The van der Waals surface area contributed by atoms with Gasteiger partial charge < -0.3 is 5.32 Å². The minimum atomic E-state index is 0.851. The first-order valence-corrected chi connectivity index (χ1v) is 6.29. The second-order valence-electron chi connectivity index (χ2n) is 3.72. The van der Waals surface area contributed by atoms with Crippen molar-refractivity contribution in [3.63, 3.8) is 0 Å². The third-order valence-electron chi connectivity index (χ3n) is 2.36. The van der Waals surface area contributed by atoms with Crippen LogP contribution in [-0.2, 0) is 0 Å². The molecule has 0 aromatic carbocycles. The summed E-state index contributed by atoms with van der Waals surface area (Å²) in [6.45, 7) is 6.83. The molecule has 0 aliphatic carbocycles. The molecule has 0 fully saturated rings. The molecule has 80 valence electrons. The van der Waals surface area contributed by atoms with Crippen LogP contribution in [0.3, 0.4) is 0 Å². The molecule has 1 unspecified atom stereocenters. The van der Waals surface area contributed by atoms with Gasteiger partial charge in [-0.3, -0.25) is 0 Å². The van der Waals surface area contributed by atoms with Gasteiger partial charge in [0.2, 0.25) is 0 Å². The second-order valence-corrected chi connectivity index (χ2v) is 4.17. The molecule has 0 spiro atoms. The highest BCUT2D eigenvalue weighted by atomic mass is 32.1. The van der Waals surface area contributed by atoms with E-state index in [-0.39, 0.29) is 0 Å². The zero-order valence-electron chi connectivity index (χ0n) is 9.18. The van der Waals surface area contributed by atoms with Crippen LogP contribution in [0, 0.1) is 5.92 Å². The Bertz CT molecular complexity index is 96.1. The largest absolute Gasteiger partial charge is 0.316 e. The zero-order valence-corrected chi connectivity index (χ0v) is 10.1. The highest BCUT2D eigenvalue weighted by molar-refractivity contribution is 7.80. The molecular formula is C11H25NS. The molecule has 0 aromatic rings. The van der Waals surface area contributed by atoms with Gasteiger partial charge in [0.1, 0.15) is 0 Å². The van der Waals surface area contributed by atoms with E-state index in [1.54, 1.807) is 0 Å². The van der Waals surface area contributed by atoms with Crippen LogP contribution >= 0.6 is 12.6 Å². The van der Waals surface area contributed by atoms with Crippen molar-refractivity contribution in [1.29, 1.82) is 0 Å². The van der Waals surface area contributed by atoms with Gasteiger partial charge in [0.15, 0.2) is 0 Å². The lowest BCUT2D eigenvalue weighted by atomic mass is 9.99. The minimum absolute atomic E-state index is 0.851. The first kappa shape index (κ1) is 13.3. The van der Waals surface area contributed by atoms with Gasteiger partial charge in [-0.25, -0.2) is 0 Å². The van der Waals surface area contributed by atoms with Gasteiger partial charge in [-0.05, 0) is 44.0 Å². The van der Waals surface area contributed by atoms with Crippen molar-refractivity contribution >= 4 is 12.6 Å². The molecule has 0 aliphatic heterocycles. The fourth-order valence-corrected chi connectivity index (χ4v) is 1.87. The molecule has 1 N–H and O–H groups in total. The number of hydrogen-bond donors (Lipinski definition) is 2. The van der Waals surface area contributed by atoms with E-state index in [0.29, 0.717) is 0 Å². The normalized spacial score (nSPS) is 13.2. The topological polar surface area (TPSA) is 12.0 Å². The predicted octanol–water partition coefficient (Wildman–Crippen LogP) is 3.11. The Balaban J connectivity index is 3.41. The maximum Gasteiger partial charge on any atom is -0.00202 e. The number of rotatable bonds is 9. The Kier molecular flexibility index (Phi) is 10.6. The molecule has 0 radical (unpaired) electrons. The molecule has 0 rings (SSSR count). The lowest BCUT2D eigenvalue weighted by Gasteiger charge is -2.15. The highest BCUT2D eigenvalue weighted by Crippen LogP contribution is 2.12. The Morgan fingerprint density at radius 3 is 2.46 bits per heavy atom. The van der Waals surface area contributed by atoms with Crippen molar-refractivity contribution in [2.24, 2.45) is 5.92 Å². The monoisotopic (exact) mass is 203 g/mol. The number of thiol groups is 1. The zero-order chi connectivity index (χ0) is 9.94. The molecule has 0 bridgehead atoms. The van der Waals surface area contributed by atoms with Crippen LogP contribution in [0.25, 0.3) is 0 Å². The van der Waals surface area contributed by atoms with Crippen molar-refractivity contribution in [3.8, 4) is 0 Å². The summed E-state index contributed by atoms with van der Waals surface area (Å²) in [5.74, 6) is 1.88. The molecule has 0 saturated heterocycles. The van der Waals surface area contributed by atoms with Gasteiger partial charge in [-0.2, -0.15) is 12.6 Å². The van der Waals surface area contributed by atoms with Crippen LogP contribution < -0.4 is 5.32 Å². The van der Waals surface area contributed by atoms with Crippen LogP contribution in [-0.4, -0.2) is 18.8 Å². The summed E-state index contributed by atoms with van der Waals surface area (Å²) in [5.41, 5.74) is 0. The Hall–Kier alpha value is 0.310. The van der Waals surface area contributed by atoms with E-state index >= 15 is 0 Å². The highest BCUT2D eigenvalue weighted by Gasteiger charge is 2.05. The Labute approximate surface area is 89.1 Å². The van der Waals surface area contributed by atoms with Crippen LogP contribution in [0.4, 0.5) is 0 Å². The lowest BCUT2D eigenvalue weighted by Crippen LogP contribution is -2.23. The van der Waals surface area contributed by atoms with Gasteiger partial charge in [0.25, 0.3) is 0 Å². The maximum atomic E-state index is 4.30. The van der Waals surface area contributed by atoms with Crippen LogP contribution in [0.1, 0.15) is 46.0 Å². The third kappa shape index (κ3) is 8.63.